The minimum atomic E-state index is -0.236. The number of rotatable bonds is 10. The van der Waals surface area contributed by atoms with E-state index in [1.54, 1.807) is 12.3 Å². The zero-order valence-electron chi connectivity index (χ0n) is 16.6. The molecule has 2 aromatic rings. The van der Waals surface area contributed by atoms with Crippen LogP contribution in [0.5, 0.6) is 11.5 Å². The van der Waals surface area contributed by atoms with Gasteiger partial charge < -0.3 is 9.47 Å². The molecule has 0 fully saturated rings. The molecular weight excluding hydrogens is 503 g/mol. The van der Waals surface area contributed by atoms with Crippen LogP contribution in [0.1, 0.15) is 23.9 Å². The smallest absolute Gasteiger partial charge is 0.250 e. The van der Waals surface area contributed by atoms with Gasteiger partial charge in [-0.3, -0.25) is 4.79 Å². The average Bonchev–Trinajstić information content (AvgIpc) is 2.65. The van der Waals surface area contributed by atoms with Crippen molar-refractivity contribution in [3.8, 4) is 11.5 Å². The number of benzene rings is 1. The summed E-state index contributed by atoms with van der Waals surface area (Å²) in [4.78, 5) is 20.6. The minimum Gasteiger partial charge on any atom is -0.490 e. The van der Waals surface area contributed by atoms with E-state index in [4.69, 9.17) is 9.47 Å². The molecule has 1 amide bonds. The number of aryl methyl sites for hydroxylation is 2. The highest BCUT2D eigenvalue weighted by Crippen LogP contribution is 2.33. The van der Waals surface area contributed by atoms with Crippen molar-refractivity contribution in [2.75, 3.05) is 19.0 Å². The second-order valence-corrected chi connectivity index (χ2v) is 7.98. The van der Waals surface area contributed by atoms with E-state index in [-0.39, 0.29) is 11.7 Å². The van der Waals surface area contributed by atoms with Crippen molar-refractivity contribution in [1.82, 2.24) is 15.4 Å². The van der Waals surface area contributed by atoms with Crippen LogP contribution in [0.15, 0.2) is 41.1 Å². The number of amides is 1. The van der Waals surface area contributed by atoms with Crippen LogP contribution in [0.2, 0.25) is 0 Å². The van der Waals surface area contributed by atoms with Crippen molar-refractivity contribution in [3.63, 3.8) is 0 Å². The van der Waals surface area contributed by atoms with Gasteiger partial charge >= 0.3 is 0 Å². The predicted octanol–water partition coefficient (Wildman–Crippen LogP) is 3.90. The van der Waals surface area contributed by atoms with Crippen LogP contribution >= 0.6 is 34.4 Å². The van der Waals surface area contributed by atoms with Gasteiger partial charge in [-0.1, -0.05) is 24.4 Å². The summed E-state index contributed by atoms with van der Waals surface area (Å²) >= 11 is 3.45. The first-order chi connectivity index (χ1) is 13.9. The summed E-state index contributed by atoms with van der Waals surface area (Å²) in [6.45, 7) is 10.3. The van der Waals surface area contributed by atoms with Crippen molar-refractivity contribution in [2.45, 2.75) is 25.9 Å². The number of hydrogen-bond acceptors (Lipinski definition) is 7. The SMILES string of the molecule is C=CCOc1c(I)cc(/C=N\NC(=O)CSc2nc(C)cc(C)n2)cc1OCC. The van der Waals surface area contributed by atoms with Gasteiger partial charge in [-0.05, 0) is 67.1 Å². The quantitative estimate of drug-likeness (QED) is 0.126. The lowest BCUT2D eigenvalue weighted by Crippen LogP contribution is -2.19. The topological polar surface area (TPSA) is 85.7 Å². The number of ether oxygens (including phenoxy) is 2. The number of halogens is 1. The van der Waals surface area contributed by atoms with E-state index in [0.717, 1.165) is 20.5 Å². The Morgan fingerprint density at radius 1 is 1.28 bits per heavy atom. The lowest BCUT2D eigenvalue weighted by Gasteiger charge is -2.13. The van der Waals surface area contributed by atoms with Crippen LogP contribution in [-0.2, 0) is 4.79 Å². The maximum absolute atomic E-state index is 12.0. The molecule has 0 saturated heterocycles. The summed E-state index contributed by atoms with van der Waals surface area (Å²) in [5, 5.41) is 4.61. The third-order valence-corrected chi connectivity index (χ3v) is 5.02. The van der Waals surface area contributed by atoms with Crippen molar-refractivity contribution in [2.24, 2.45) is 5.10 Å². The summed E-state index contributed by atoms with van der Waals surface area (Å²) in [5.74, 6) is 1.23. The molecule has 1 heterocycles. The van der Waals surface area contributed by atoms with E-state index in [1.807, 2.05) is 39.0 Å². The first-order valence-electron chi connectivity index (χ1n) is 8.90. The first-order valence-corrected chi connectivity index (χ1v) is 11.0. The highest BCUT2D eigenvalue weighted by Gasteiger charge is 2.11. The Balaban J connectivity index is 1.97. The summed E-state index contributed by atoms with van der Waals surface area (Å²) in [6, 6.07) is 5.60. The number of hydrazone groups is 1. The van der Waals surface area contributed by atoms with Crippen molar-refractivity contribution in [1.29, 1.82) is 0 Å². The van der Waals surface area contributed by atoms with E-state index in [0.29, 0.717) is 29.9 Å². The molecule has 0 spiro atoms. The molecule has 0 aliphatic carbocycles. The Kier molecular flexibility index (Phi) is 9.39. The molecule has 29 heavy (non-hydrogen) atoms. The molecule has 1 aromatic carbocycles. The predicted molar refractivity (Wildman–Crippen MR) is 124 cm³/mol. The van der Waals surface area contributed by atoms with E-state index < -0.39 is 0 Å². The van der Waals surface area contributed by atoms with Gasteiger partial charge in [0, 0.05) is 11.4 Å². The van der Waals surface area contributed by atoms with Gasteiger partial charge in [0.05, 0.1) is 22.1 Å². The summed E-state index contributed by atoms with van der Waals surface area (Å²) in [5.41, 5.74) is 5.05. The lowest BCUT2D eigenvalue weighted by molar-refractivity contribution is -0.118. The normalized spacial score (nSPS) is 10.8. The maximum atomic E-state index is 12.0. The fourth-order valence-corrected chi connectivity index (χ4v) is 3.83. The van der Waals surface area contributed by atoms with Crippen LogP contribution < -0.4 is 14.9 Å². The number of nitrogens with zero attached hydrogens (tertiary/aromatic N) is 3. The number of carbonyl (C=O) groups is 1. The Morgan fingerprint density at radius 3 is 2.66 bits per heavy atom. The van der Waals surface area contributed by atoms with E-state index in [9.17, 15) is 4.79 Å². The van der Waals surface area contributed by atoms with Crippen LogP contribution in [0, 0.1) is 17.4 Å². The zero-order chi connectivity index (χ0) is 21.2. The van der Waals surface area contributed by atoms with Crippen LogP contribution in [0.25, 0.3) is 0 Å². The van der Waals surface area contributed by atoms with Gasteiger partial charge in [-0.25, -0.2) is 15.4 Å². The largest absolute Gasteiger partial charge is 0.490 e. The summed E-state index contributed by atoms with van der Waals surface area (Å²) in [7, 11) is 0. The lowest BCUT2D eigenvalue weighted by atomic mass is 10.2. The highest BCUT2D eigenvalue weighted by molar-refractivity contribution is 14.1. The Morgan fingerprint density at radius 2 is 2.00 bits per heavy atom. The monoisotopic (exact) mass is 526 g/mol. The zero-order valence-corrected chi connectivity index (χ0v) is 19.5. The number of aromatic nitrogens is 2. The number of thioether (sulfide) groups is 1. The molecule has 0 atom stereocenters. The summed E-state index contributed by atoms with van der Waals surface area (Å²) < 4.78 is 12.2. The molecule has 0 saturated carbocycles. The van der Waals surface area contributed by atoms with Crippen molar-refractivity contribution >= 4 is 46.5 Å². The van der Waals surface area contributed by atoms with Gasteiger partial charge in [0.2, 0.25) is 0 Å². The molecule has 7 nitrogen and oxygen atoms in total. The van der Waals surface area contributed by atoms with E-state index in [2.05, 4.69) is 49.7 Å². The molecule has 9 heteroatoms. The van der Waals surface area contributed by atoms with Crippen LogP contribution in [-0.4, -0.2) is 41.1 Å². The van der Waals surface area contributed by atoms with Crippen molar-refractivity contribution in [3.05, 3.63) is 51.4 Å². The van der Waals surface area contributed by atoms with E-state index >= 15 is 0 Å². The summed E-state index contributed by atoms with van der Waals surface area (Å²) in [6.07, 6.45) is 3.25. The second-order valence-electron chi connectivity index (χ2n) is 5.88. The Labute approximate surface area is 188 Å². The molecular formula is C20H23IN4O3S. The Bertz CT molecular complexity index is 885. The molecule has 154 valence electrons. The molecule has 0 unspecified atom stereocenters. The molecule has 0 radical (unpaired) electrons. The fourth-order valence-electron chi connectivity index (χ4n) is 2.31. The third-order valence-electron chi connectivity index (χ3n) is 3.37. The van der Waals surface area contributed by atoms with Gasteiger partial charge in [0.25, 0.3) is 5.91 Å². The van der Waals surface area contributed by atoms with Crippen LogP contribution in [0.3, 0.4) is 0 Å². The maximum Gasteiger partial charge on any atom is 0.250 e. The van der Waals surface area contributed by atoms with Crippen LogP contribution in [0.4, 0.5) is 0 Å². The van der Waals surface area contributed by atoms with Gasteiger partial charge in [0.1, 0.15) is 6.61 Å². The highest BCUT2D eigenvalue weighted by atomic mass is 127. The number of nitrogens with one attached hydrogen (secondary N) is 1. The average molecular weight is 526 g/mol. The molecule has 0 aliphatic heterocycles. The molecule has 1 N–H and O–H groups in total. The van der Waals surface area contributed by atoms with Gasteiger partial charge in [-0.2, -0.15) is 5.10 Å². The first kappa shape index (κ1) is 23.1. The minimum absolute atomic E-state index is 0.177. The van der Waals surface area contributed by atoms with E-state index in [1.165, 1.54) is 11.8 Å². The molecule has 0 bridgehead atoms. The number of carbonyl (C=O) groups excluding carboxylic acids is 1. The fraction of sp³-hybridized carbons (Fsp3) is 0.300. The standard InChI is InChI=1S/C20H23IN4O3S/c1-5-7-28-19-16(21)9-15(10-17(19)27-6-2)11-22-25-18(26)12-29-20-23-13(3)8-14(4)24-20/h5,8-11H,1,6-7,12H2,2-4H3,(H,25,26)/b22-11-. The third kappa shape index (κ3) is 7.65. The van der Waals surface area contributed by atoms with Gasteiger partial charge in [-0.15, -0.1) is 0 Å². The van der Waals surface area contributed by atoms with Gasteiger partial charge in [0.15, 0.2) is 16.7 Å². The molecule has 1 aromatic heterocycles. The Hall–Kier alpha value is -2.14. The van der Waals surface area contributed by atoms with Crippen molar-refractivity contribution < 1.29 is 14.3 Å². The molecule has 0 aliphatic rings. The second kappa shape index (κ2) is 11.8. The number of hydrogen-bond donors (Lipinski definition) is 1. The molecule has 2 rings (SSSR count).